The summed E-state index contributed by atoms with van der Waals surface area (Å²) in [6.45, 7) is 0. The van der Waals surface area contributed by atoms with Crippen LogP contribution in [0.25, 0.3) is 0 Å². The summed E-state index contributed by atoms with van der Waals surface area (Å²) in [5.41, 5.74) is 0.943. The molecule has 0 radical (unpaired) electrons. The molecule has 0 aliphatic rings. The zero-order valence-electron chi connectivity index (χ0n) is 10.1. The number of ether oxygens (including phenoxy) is 1. The van der Waals surface area contributed by atoms with Crippen LogP contribution in [0.1, 0.15) is 10.4 Å². The van der Waals surface area contributed by atoms with Crippen LogP contribution < -0.4 is 10.1 Å². The van der Waals surface area contributed by atoms with Gasteiger partial charge in [0, 0.05) is 5.02 Å². The fourth-order valence-electron chi connectivity index (χ4n) is 1.60. The van der Waals surface area contributed by atoms with Gasteiger partial charge in [0.15, 0.2) is 0 Å². The number of hydrogen-bond donors (Lipinski definition) is 1. The van der Waals surface area contributed by atoms with Crippen molar-refractivity contribution in [2.45, 2.75) is 0 Å². The van der Waals surface area contributed by atoms with E-state index in [-0.39, 0.29) is 5.91 Å². The van der Waals surface area contributed by atoms with Crippen molar-refractivity contribution in [2.24, 2.45) is 0 Å². The lowest BCUT2D eigenvalue weighted by molar-refractivity contribution is 0.102. The van der Waals surface area contributed by atoms with Crippen molar-refractivity contribution in [1.82, 2.24) is 0 Å². The first kappa shape index (κ1) is 13.7. The number of halogens is 2. The molecule has 0 spiro atoms. The van der Waals surface area contributed by atoms with E-state index in [0.29, 0.717) is 27.0 Å². The van der Waals surface area contributed by atoms with Crippen molar-refractivity contribution in [1.29, 1.82) is 0 Å². The molecular weight excluding hydrogens is 285 g/mol. The molecular formula is C14H11Cl2NO2. The van der Waals surface area contributed by atoms with E-state index in [1.54, 1.807) is 42.5 Å². The Balaban J connectivity index is 2.28. The molecule has 1 N–H and O–H groups in total. The largest absolute Gasteiger partial charge is 0.496 e. The summed E-state index contributed by atoms with van der Waals surface area (Å²) in [5.74, 6) is 0.110. The van der Waals surface area contributed by atoms with Gasteiger partial charge in [0.25, 0.3) is 5.91 Å². The van der Waals surface area contributed by atoms with E-state index in [0.717, 1.165) is 0 Å². The lowest BCUT2D eigenvalue weighted by Gasteiger charge is -2.10. The Morgan fingerprint density at radius 2 is 1.89 bits per heavy atom. The van der Waals surface area contributed by atoms with Crippen molar-refractivity contribution < 1.29 is 9.53 Å². The Bertz CT molecular complexity index is 614. The van der Waals surface area contributed by atoms with E-state index in [2.05, 4.69) is 5.32 Å². The van der Waals surface area contributed by atoms with Gasteiger partial charge in [-0.1, -0.05) is 35.3 Å². The lowest BCUT2D eigenvalue weighted by Crippen LogP contribution is -2.13. The number of rotatable bonds is 3. The van der Waals surface area contributed by atoms with Gasteiger partial charge in [0.1, 0.15) is 5.75 Å². The third kappa shape index (κ3) is 3.19. The molecule has 19 heavy (non-hydrogen) atoms. The fourth-order valence-corrected chi connectivity index (χ4v) is 1.95. The van der Waals surface area contributed by atoms with E-state index in [1.165, 1.54) is 7.11 Å². The summed E-state index contributed by atoms with van der Waals surface area (Å²) in [5, 5.41) is 3.71. The second kappa shape index (κ2) is 5.95. The summed E-state index contributed by atoms with van der Waals surface area (Å²) in [6.07, 6.45) is 0. The maximum atomic E-state index is 12.2. The van der Waals surface area contributed by atoms with Crippen LogP contribution in [0.3, 0.4) is 0 Å². The van der Waals surface area contributed by atoms with Gasteiger partial charge in [-0.15, -0.1) is 0 Å². The van der Waals surface area contributed by atoms with Gasteiger partial charge < -0.3 is 10.1 Å². The molecule has 0 heterocycles. The van der Waals surface area contributed by atoms with Gasteiger partial charge >= 0.3 is 0 Å². The van der Waals surface area contributed by atoms with E-state index in [4.69, 9.17) is 27.9 Å². The first-order valence-electron chi connectivity index (χ1n) is 5.51. The normalized spacial score (nSPS) is 10.1. The number of carbonyl (C=O) groups excluding carboxylic acids is 1. The quantitative estimate of drug-likeness (QED) is 0.919. The number of hydrogen-bond acceptors (Lipinski definition) is 2. The second-order valence-electron chi connectivity index (χ2n) is 3.78. The van der Waals surface area contributed by atoms with E-state index >= 15 is 0 Å². The van der Waals surface area contributed by atoms with Crippen LogP contribution in [0, 0.1) is 0 Å². The predicted molar refractivity (Wildman–Crippen MR) is 77.4 cm³/mol. The number of carbonyl (C=O) groups is 1. The Labute approximate surface area is 121 Å². The van der Waals surface area contributed by atoms with E-state index in [9.17, 15) is 4.79 Å². The minimum atomic E-state index is -0.304. The third-order valence-corrected chi connectivity index (χ3v) is 3.09. The first-order chi connectivity index (χ1) is 9.11. The number of benzene rings is 2. The van der Waals surface area contributed by atoms with Crippen molar-refractivity contribution >= 4 is 34.8 Å². The van der Waals surface area contributed by atoms with Crippen molar-refractivity contribution in [3.63, 3.8) is 0 Å². The highest BCUT2D eigenvalue weighted by Crippen LogP contribution is 2.26. The topological polar surface area (TPSA) is 38.3 Å². The molecule has 0 saturated carbocycles. The van der Waals surface area contributed by atoms with Crippen LogP contribution in [0.5, 0.6) is 5.75 Å². The molecule has 0 aliphatic heterocycles. The van der Waals surface area contributed by atoms with Gasteiger partial charge in [0.2, 0.25) is 0 Å². The van der Waals surface area contributed by atoms with Crippen LogP contribution in [-0.2, 0) is 0 Å². The van der Waals surface area contributed by atoms with Gasteiger partial charge in [0.05, 0.1) is 23.4 Å². The molecule has 2 rings (SSSR count). The van der Waals surface area contributed by atoms with Crippen LogP contribution in [0.15, 0.2) is 42.5 Å². The highest BCUT2D eigenvalue weighted by atomic mass is 35.5. The molecule has 5 heteroatoms. The number of methoxy groups -OCH3 is 1. The lowest BCUT2D eigenvalue weighted by atomic mass is 10.2. The molecule has 0 unspecified atom stereocenters. The van der Waals surface area contributed by atoms with Crippen LogP contribution in [0.2, 0.25) is 10.0 Å². The van der Waals surface area contributed by atoms with Crippen LogP contribution in [0.4, 0.5) is 5.69 Å². The predicted octanol–water partition coefficient (Wildman–Crippen LogP) is 4.25. The van der Waals surface area contributed by atoms with Crippen molar-refractivity contribution in [2.75, 3.05) is 12.4 Å². The Morgan fingerprint density at radius 3 is 2.58 bits per heavy atom. The molecule has 2 aromatic carbocycles. The highest BCUT2D eigenvalue weighted by molar-refractivity contribution is 6.34. The third-order valence-electron chi connectivity index (χ3n) is 2.53. The van der Waals surface area contributed by atoms with Crippen molar-refractivity contribution in [3.05, 3.63) is 58.1 Å². The second-order valence-corrected chi connectivity index (χ2v) is 4.62. The maximum absolute atomic E-state index is 12.2. The minimum absolute atomic E-state index is 0.304. The smallest absolute Gasteiger partial charge is 0.259 e. The zero-order valence-corrected chi connectivity index (χ0v) is 11.6. The standard InChI is InChI=1S/C14H11Cl2NO2/c1-19-13-8-9(15)6-7-10(13)14(18)17-12-5-3-2-4-11(12)16/h2-8H,1H3,(H,17,18). The van der Waals surface area contributed by atoms with Gasteiger partial charge in [-0.25, -0.2) is 0 Å². The van der Waals surface area contributed by atoms with Gasteiger partial charge in [-0.2, -0.15) is 0 Å². The number of amides is 1. The molecule has 98 valence electrons. The summed E-state index contributed by atoms with van der Waals surface area (Å²) >= 11 is 11.8. The number of nitrogens with one attached hydrogen (secondary N) is 1. The Kier molecular flexibility index (Phi) is 4.30. The van der Waals surface area contributed by atoms with Crippen LogP contribution in [-0.4, -0.2) is 13.0 Å². The van der Waals surface area contributed by atoms with E-state index in [1.807, 2.05) is 0 Å². The molecule has 0 aromatic heterocycles. The molecule has 1 amide bonds. The van der Waals surface area contributed by atoms with Crippen molar-refractivity contribution in [3.8, 4) is 5.75 Å². The monoisotopic (exact) mass is 295 g/mol. The summed E-state index contributed by atoms with van der Waals surface area (Å²) in [6, 6.07) is 11.8. The van der Waals surface area contributed by atoms with Gasteiger partial charge in [-0.3, -0.25) is 4.79 Å². The molecule has 0 fully saturated rings. The van der Waals surface area contributed by atoms with Gasteiger partial charge in [-0.05, 0) is 30.3 Å². The summed E-state index contributed by atoms with van der Waals surface area (Å²) in [4.78, 5) is 12.2. The Morgan fingerprint density at radius 1 is 1.16 bits per heavy atom. The van der Waals surface area contributed by atoms with E-state index < -0.39 is 0 Å². The first-order valence-corrected chi connectivity index (χ1v) is 6.27. The molecule has 0 atom stereocenters. The fraction of sp³-hybridized carbons (Fsp3) is 0.0714. The maximum Gasteiger partial charge on any atom is 0.259 e. The molecule has 0 saturated heterocycles. The Hall–Kier alpha value is -1.71. The summed E-state index contributed by atoms with van der Waals surface area (Å²) < 4.78 is 5.14. The number of para-hydroxylation sites is 1. The minimum Gasteiger partial charge on any atom is -0.496 e. The number of anilines is 1. The molecule has 3 nitrogen and oxygen atoms in total. The molecule has 0 aliphatic carbocycles. The average Bonchev–Trinajstić information content (AvgIpc) is 2.41. The summed E-state index contributed by atoms with van der Waals surface area (Å²) in [7, 11) is 1.48. The zero-order chi connectivity index (χ0) is 13.8. The highest BCUT2D eigenvalue weighted by Gasteiger charge is 2.13. The SMILES string of the molecule is COc1cc(Cl)ccc1C(=O)Nc1ccccc1Cl. The van der Waals surface area contributed by atoms with Crippen LogP contribution >= 0.6 is 23.2 Å². The molecule has 2 aromatic rings. The average molecular weight is 296 g/mol. The molecule has 0 bridgehead atoms.